The topological polar surface area (TPSA) is 71.1 Å². The molecule has 1 aliphatic rings. The molecule has 0 amide bonds. The molecule has 0 saturated carbocycles. The standard InChI is InChI=1S/C25H19BrO6/c1-14-9-18(31-25(28)16-7-8-19(29-2)20(12-16)30-3)13-21-23(14)24(27)22(32-21)11-15-5-4-6-17(26)10-15/h4-13H,1-3H3/b22-11-. The molecule has 0 fully saturated rings. The Balaban J connectivity index is 1.59. The minimum absolute atomic E-state index is 0.213. The number of ketones is 1. The van der Waals surface area contributed by atoms with E-state index in [2.05, 4.69) is 15.9 Å². The summed E-state index contributed by atoms with van der Waals surface area (Å²) in [5.41, 5.74) is 2.23. The molecule has 6 nitrogen and oxygen atoms in total. The molecule has 0 saturated heterocycles. The zero-order valence-electron chi connectivity index (χ0n) is 17.6. The lowest BCUT2D eigenvalue weighted by Gasteiger charge is -2.10. The lowest BCUT2D eigenvalue weighted by molar-refractivity contribution is 0.0734. The van der Waals surface area contributed by atoms with E-state index in [9.17, 15) is 9.59 Å². The summed E-state index contributed by atoms with van der Waals surface area (Å²) in [4.78, 5) is 25.5. The summed E-state index contributed by atoms with van der Waals surface area (Å²) in [6.07, 6.45) is 1.68. The smallest absolute Gasteiger partial charge is 0.343 e. The van der Waals surface area contributed by atoms with Gasteiger partial charge in [0, 0.05) is 10.5 Å². The number of rotatable bonds is 5. The number of carbonyl (C=O) groups is 2. The van der Waals surface area contributed by atoms with E-state index in [1.54, 1.807) is 43.3 Å². The van der Waals surface area contributed by atoms with Crippen LogP contribution < -0.4 is 18.9 Å². The Labute approximate surface area is 193 Å². The van der Waals surface area contributed by atoms with Crippen LogP contribution in [0.5, 0.6) is 23.0 Å². The molecule has 162 valence electrons. The summed E-state index contributed by atoms with van der Waals surface area (Å²) >= 11 is 3.42. The molecule has 0 radical (unpaired) electrons. The number of halogens is 1. The summed E-state index contributed by atoms with van der Waals surface area (Å²) in [5, 5.41) is 0. The van der Waals surface area contributed by atoms with Crippen LogP contribution in [0.1, 0.15) is 31.8 Å². The first-order valence-electron chi connectivity index (χ1n) is 9.68. The van der Waals surface area contributed by atoms with Gasteiger partial charge >= 0.3 is 5.97 Å². The number of fused-ring (bicyclic) bond motifs is 1. The third kappa shape index (κ3) is 4.24. The van der Waals surface area contributed by atoms with Gasteiger partial charge in [-0.1, -0.05) is 28.1 Å². The van der Waals surface area contributed by atoms with Crippen molar-refractivity contribution in [3.8, 4) is 23.0 Å². The number of allylic oxidation sites excluding steroid dienone is 1. The van der Waals surface area contributed by atoms with Crippen LogP contribution in [-0.4, -0.2) is 26.0 Å². The minimum atomic E-state index is -0.570. The van der Waals surface area contributed by atoms with Crippen molar-refractivity contribution in [1.82, 2.24) is 0 Å². The van der Waals surface area contributed by atoms with E-state index in [-0.39, 0.29) is 17.3 Å². The number of benzene rings is 3. The van der Waals surface area contributed by atoms with Crippen LogP contribution >= 0.6 is 15.9 Å². The van der Waals surface area contributed by atoms with Crippen LogP contribution in [0.3, 0.4) is 0 Å². The second-order valence-electron chi connectivity index (χ2n) is 7.07. The van der Waals surface area contributed by atoms with Crippen LogP contribution in [0, 0.1) is 6.92 Å². The molecule has 0 N–H and O–H groups in total. The summed E-state index contributed by atoms with van der Waals surface area (Å²) in [6, 6.07) is 15.5. The Morgan fingerprint density at radius 3 is 2.50 bits per heavy atom. The Morgan fingerprint density at radius 2 is 1.78 bits per heavy atom. The third-order valence-corrected chi connectivity index (χ3v) is 5.41. The fourth-order valence-corrected chi connectivity index (χ4v) is 3.83. The van der Waals surface area contributed by atoms with E-state index in [4.69, 9.17) is 18.9 Å². The highest BCUT2D eigenvalue weighted by Crippen LogP contribution is 2.38. The number of hydrogen-bond donors (Lipinski definition) is 0. The van der Waals surface area contributed by atoms with Crippen molar-refractivity contribution in [2.75, 3.05) is 14.2 Å². The van der Waals surface area contributed by atoms with Gasteiger partial charge in [0.25, 0.3) is 0 Å². The van der Waals surface area contributed by atoms with Crippen molar-refractivity contribution in [2.45, 2.75) is 6.92 Å². The molecule has 0 aliphatic carbocycles. The molecule has 32 heavy (non-hydrogen) atoms. The quantitative estimate of drug-likeness (QED) is 0.260. The minimum Gasteiger partial charge on any atom is -0.493 e. The second kappa shape index (κ2) is 8.88. The molecular formula is C25H19BrO6. The van der Waals surface area contributed by atoms with Gasteiger partial charge in [0.15, 0.2) is 17.3 Å². The molecule has 0 bridgehead atoms. The number of esters is 1. The van der Waals surface area contributed by atoms with E-state index in [0.29, 0.717) is 33.9 Å². The normalized spacial score (nSPS) is 13.5. The van der Waals surface area contributed by atoms with Crippen LogP contribution in [0.15, 0.2) is 64.8 Å². The number of ether oxygens (including phenoxy) is 4. The Bertz CT molecular complexity index is 1260. The van der Waals surface area contributed by atoms with Crippen molar-refractivity contribution >= 4 is 33.8 Å². The van der Waals surface area contributed by atoms with Gasteiger partial charge in [-0.05, 0) is 60.5 Å². The summed E-state index contributed by atoms with van der Waals surface area (Å²) in [6.45, 7) is 1.77. The number of methoxy groups -OCH3 is 2. The van der Waals surface area contributed by atoms with Gasteiger partial charge in [0.2, 0.25) is 5.78 Å². The van der Waals surface area contributed by atoms with Crippen LogP contribution in [0.2, 0.25) is 0 Å². The SMILES string of the molecule is COc1ccc(C(=O)Oc2cc(C)c3c(c2)O/C(=C\c2cccc(Br)c2)C3=O)cc1OC. The summed E-state index contributed by atoms with van der Waals surface area (Å²) in [5.74, 6) is 0.987. The van der Waals surface area contributed by atoms with Gasteiger partial charge in [-0.3, -0.25) is 4.79 Å². The Morgan fingerprint density at radius 1 is 1.00 bits per heavy atom. The number of hydrogen-bond acceptors (Lipinski definition) is 6. The second-order valence-corrected chi connectivity index (χ2v) is 7.98. The van der Waals surface area contributed by atoms with Crippen LogP contribution in [0.4, 0.5) is 0 Å². The zero-order chi connectivity index (χ0) is 22.8. The van der Waals surface area contributed by atoms with Gasteiger partial charge in [0.05, 0.1) is 25.3 Å². The number of aryl methyl sites for hydroxylation is 1. The van der Waals surface area contributed by atoms with Crippen molar-refractivity contribution in [1.29, 1.82) is 0 Å². The van der Waals surface area contributed by atoms with E-state index in [0.717, 1.165) is 10.0 Å². The van der Waals surface area contributed by atoms with Crippen LogP contribution in [-0.2, 0) is 0 Å². The Hall–Kier alpha value is -3.58. The van der Waals surface area contributed by atoms with E-state index in [1.165, 1.54) is 14.2 Å². The van der Waals surface area contributed by atoms with E-state index in [1.807, 2.05) is 24.3 Å². The van der Waals surface area contributed by atoms with Crippen molar-refractivity contribution < 1.29 is 28.5 Å². The zero-order valence-corrected chi connectivity index (χ0v) is 19.2. The Kier molecular flexibility index (Phi) is 6.01. The summed E-state index contributed by atoms with van der Waals surface area (Å²) in [7, 11) is 3.01. The molecular weight excluding hydrogens is 476 g/mol. The molecule has 4 rings (SSSR count). The van der Waals surface area contributed by atoms with E-state index >= 15 is 0 Å². The predicted molar refractivity (Wildman–Crippen MR) is 123 cm³/mol. The maximum absolute atomic E-state index is 12.9. The largest absolute Gasteiger partial charge is 0.493 e. The fraction of sp³-hybridized carbons (Fsp3) is 0.120. The highest BCUT2D eigenvalue weighted by molar-refractivity contribution is 9.10. The van der Waals surface area contributed by atoms with Crippen molar-refractivity contribution in [2.24, 2.45) is 0 Å². The maximum atomic E-state index is 12.9. The highest BCUT2D eigenvalue weighted by atomic mass is 79.9. The van der Waals surface area contributed by atoms with Gasteiger partial charge in [-0.2, -0.15) is 0 Å². The molecule has 1 aliphatic heterocycles. The van der Waals surface area contributed by atoms with Gasteiger partial charge < -0.3 is 18.9 Å². The molecule has 1 heterocycles. The first-order valence-corrected chi connectivity index (χ1v) is 10.5. The monoisotopic (exact) mass is 494 g/mol. The fourth-order valence-electron chi connectivity index (χ4n) is 3.41. The van der Waals surface area contributed by atoms with Gasteiger partial charge in [-0.15, -0.1) is 0 Å². The molecule has 7 heteroatoms. The molecule has 3 aromatic carbocycles. The molecule has 0 atom stereocenters. The van der Waals surface area contributed by atoms with E-state index < -0.39 is 5.97 Å². The summed E-state index contributed by atoms with van der Waals surface area (Å²) < 4.78 is 22.7. The average molecular weight is 495 g/mol. The first-order chi connectivity index (χ1) is 15.4. The van der Waals surface area contributed by atoms with Crippen molar-refractivity contribution in [3.05, 3.63) is 87.1 Å². The number of carbonyl (C=O) groups excluding carboxylic acids is 2. The molecule has 0 unspecified atom stereocenters. The highest BCUT2D eigenvalue weighted by Gasteiger charge is 2.30. The molecule has 0 aromatic heterocycles. The lowest BCUT2D eigenvalue weighted by atomic mass is 10.0. The predicted octanol–water partition coefficient (Wildman–Crippen LogP) is 5.61. The lowest BCUT2D eigenvalue weighted by Crippen LogP contribution is -2.09. The van der Waals surface area contributed by atoms with Gasteiger partial charge in [0.1, 0.15) is 11.5 Å². The average Bonchev–Trinajstić information content (AvgIpc) is 3.08. The molecule has 0 spiro atoms. The van der Waals surface area contributed by atoms with Crippen LogP contribution in [0.25, 0.3) is 6.08 Å². The first kappa shape index (κ1) is 21.6. The maximum Gasteiger partial charge on any atom is 0.343 e. The molecule has 3 aromatic rings. The third-order valence-electron chi connectivity index (χ3n) is 4.92. The van der Waals surface area contributed by atoms with Crippen molar-refractivity contribution in [3.63, 3.8) is 0 Å². The number of Topliss-reactive ketones (excluding diaryl/α,β-unsaturated/α-hetero) is 1. The van der Waals surface area contributed by atoms with Gasteiger partial charge in [-0.25, -0.2) is 4.79 Å².